The molecule has 0 radical (unpaired) electrons. The lowest BCUT2D eigenvalue weighted by molar-refractivity contribution is 0.662. The zero-order valence-electron chi connectivity index (χ0n) is 32.1. The van der Waals surface area contributed by atoms with Gasteiger partial charge in [0, 0.05) is 39.5 Å². The predicted octanol–water partition coefficient (Wildman–Crippen LogP) is 14.8. The lowest BCUT2D eigenvalue weighted by atomic mass is 9.77. The van der Waals surface area contributed by atoms with E-state index in [2.05, 4.69) is 214 Å². The van der Waals surface area contributed by atoms with Gasteiger partial charge in [-0.2, -0.15) is 0 Å². The normalized spacial score (nSPS) is 12.8. The fourth-order valence-corrected chi connectivity index (χ4v) is 8.37. The first kappa shape index (κ1) is 35.4. The number of benzene rings is 7. The van der Waals surface area contributed by atoms with Crippen LogP contribution in [-0.4, -0.2) is 0 Å². The summed E-state index contributed by atoms with van der Waals surface area (Å²) < 4.78 is 0. The van der Waals surface area contributed by atoms with Crippen molar-refractivity contribution in [1.29, 1.82) is 0 Å². The molecule has 8 rings (SSSR count). The molecule has 7 aromatic rings. The van der Waals surface area contributed by atoms with Crippen molar-refractivity contribution >= 4 is 28.4 Å². The van der Waals surface area contributed by atoms with Gasteiger partial charge >= 0.3 is 0 Å². The van der Waals surface area contributed by atoms with Crippen molar-refractivity contribution in [1.82, 2.24) is 0 Å². The van der Waals surface area contributed by atoms with Crippen molar-refractivity contribution in [2.45, 2.75) is 33.1 Å². The molecular weight excluding hydrogens is 665 g/mol. The van der Waals surface area contributed by atoms with Crippen molar-refractivity contribution in [2.24, 2.45) is 0 Å². The molecule has 268 valence electrons. The first-order valence-electron chi connectivity index (χ1n) is 19.0. The molecule has 0 atom stereocenters. The maximum Gasteiger partial charge on any atom is 0.0467 e. The molecule has 1 aliphatic carbocycles. The van der Waals surface area contributed by atoms with E-state index in [-0.39, 0.29) is 5.41 Å². The maximum absolute atomic E-state index is 4.19. The third-order valence-electron chi connectivity index (χ3n) is 11.0. The van der Waals surface area contributed by atoms with Crippen LogP contribution in [0.3, 0.4) is 0 Å². The molecule has 0 bridgehead atoms. The molecule has 55 heavy (non-hydrogen) atoms. The summed E-state index contributed by atoms with van der Waals surface area (Å²) in [4.78, 5) is 4.60. The van der Waals surface area contributed by atoms with Crippen molar-refractivity contribution in [3.05, 3.63) is 223 Å². The Balaban J connectivity index is 1.38. The van der Waals surface area contributed by atoms with E-state index in [1.807, 2.05) is 18.2 Å². The van der Waals surface area contributed by atoms with Crippen LogP contribution in [0.2, 0.25) is 0 Å². The van der Waals surface area contributed by atoms with E-state index in [9.17, 15) is 0 Å². The van der Waals surface area contributed by atoms with Gasteiger partial charge in [-0.15, -0.1) is 0 Å². The molecule has 0 heterocycles. The summed E-state index contributed by atoms with van der Waals surface area (Å²) >= 11 is 0. The molecule has 0 saturated carbocycles. The molecule has 0 aromatic heterocycles. The fraction of sp³-hybridized carbons (Fsp3) is 0.0943. The highest BCUT2D eigenvalue weighted by atomic mass is 15.1. The lowest BCUT2D eigenvalue weighted by Crippen LogP contribution is -2.17. The van der Waals surface area contributed by atoms with E-state index >= 15 is 0 Å². The monoisotopic (exact) mass is 710 g/mol. The Kier molecular flexibility index (Phi) is 9.43. The second-order valence-corrected chi connectivity index (χ2v) is 14.8. The van der Waals surface area contributed by atoms with E-state index < -0.39 is 0 Å². The van der Waals surface area contributed by atoms with Crippen molar-refractivity contribution in [3.8, 4) is 33.4 Å². The number of nitrogens with zero attached hydrogens (tertiary/aromatic N) is 2. The number of fused-ring (bicyclic) bond motifs is 3. The minimum Gasteiger partial charge on any atom is -0.311 e. The topological polar surface area (TPSA) is 6.48 Å². The van der Waals surface area contributed by atoms with Gasteiger partial charge in [0.05, 0.1) is 0 Å². The van der Waals surface area contributed by atoms with Gasteiger partial charge in [-0.05, 0) is 154 Å². The van der Waals surface area contributed by atoms with Crippen molar-refractivity contribution in [2.75, 3.05) is 9.80 Å². The number of para-hydroxylation sites is 3. The molecule has 0 N–H and O–H groups in total. The Morgan fingerprint density at radius 1 is 0.491 bits per heavy atom. The first-order valence-corrected chi connectivity index (χ1v) is 19.0. The Morgan fingerprint density at radius 2 is 1.00 bits per heavy atom. The number of allylic oxidation sites excluding steroid dienone is 3. The van der Waals surface area contributed by atoms with Gasteiger partial charge in [0.25, 0.3) is 0 Å². The smallest absolute Gasteiger partial charge is 0.0467 e. The number of hydrogen-bond acceptors (Lipinski definition) is 2. The van der Waals surface area contributed by atoms with Crippen molar-refractivity contribution < 1.29 is 0 Å². The number of rotatable bonds is 10. The second-order valence-electron chi connectivity index (χ2n) is 14.8. The highest BCUT2D eigenvalue weighted by Crippen LogP contribution is 2.54. The molecular formula is C53H46N2. The molecule has 2 nitrogen and oxygen atoms in total. The molecule has 0 fully saturated rings. The van der Waals surface area contributed by atoms with Gasteiger partial charge in [0.1, 0.15) is 0 Å². The molecule has 0 saturated heterocycles. The Labute approximate surface area is 326 Å². The third kappa shape index (κ3) is 6.40. The van der Waals surface area contributed by atoms with Gasteiger partial charge in [-0.1, -0.05) is 124 Å². The van der Waals surface area contributed by atoms with Crippen LogP contribution in [0.1, 0.15) is 36.1 Å². The molecule has 0 amide bonds. The standard InChI is InChI=1S/C53H46N2/c1-7-20-40(8-2)54(41-21-12-9-13-22-41)45-32-30-38(4)48(36-45)50-34-39(33-49-46-27-18-19-28-51(46)53(5,6)52(49)50)47-35-44(31-29-37(47)3)55(42-23-14-10-15-24-42)43-25-16-11-17-26-43/h7-36H,1-2H2,3-6H3/b40-20+. The molecule has 1 aliphatic rings. The van der Waals surface area contributed by atoms with Crippen LogP contribution in [-0.2, 0) is 5.41 Å². The number of aryl methyl sites for hydroxylation is 2. The van der Waals surface area contributed by atoms with Crippen LogP contribution >= 0.6 is 0 Å². The molecule has 7 aromatic carbocycles. The van der Waals surface area contributed by atoms with Crippen molar-refractivity contribution in [3.63, 3.8) is 0 Å². The average molecular weight is 711 g/mol. The predicted molar refractivity (Wildman–Crippen MR) is 236 cm³/mol. The maximum atomic E-state index is 4.19. The van der Waals surface area contributed by atoms with Crippen LogP contribution in [0.15, 0.2) is 201 Å². The first-order chi connectivity index (χ1) is 26.8. The van der Waals surface area contributed by atoms with E-state index in [4.69, 9.17) is 0 Å². The summed E-state index contributed by atoms with van der Waals surface area (Å²) in [7, 11) is 0. The Hall–Kier alpha value is -6.64. The highest BCUT2D eigenvalue weighted by molar-refractivity contribution is 5.94. The van der Waals surface area contributed by atoms with E-state index in [1.54, 1.807) is 0 Å². The summed E-state index contributed by atoms with van der Waals surface area (Å²) in [6.07, 6.45) is 5.74. The summed E-state index contributed by atoms with van der Waals surface area (Å²) in [5.41, 5.74) is 18.9. The van der Waals surface area contributed by atoms with Crippen LogP contribution < -0.4 is 9.80 Å². The SMILES string of the molecule is C=C/C=C(\C=C)N(c1ccccc1)c1ccc(C)c(-c2cc(-c3cc(N(c4ccccc4)c4ccccc4)ccc3C)cc3c2C(C)(C)c2ccccc2-3)c1. The van der Waals surface area contributed by atoms with E-state index in [1.165, 1.54) is 55.6 Å². The average Bonchev–Trinajstić information content (AvgIpc) is 3.45. The largest absolute Gasteiger partial charge is 0.311 e. The molecule has 2 heteroatoms. The minimum absolute atomic E-state index is 0.204. The lowest BCUT2D eigenvalue weighted by Gasteiger charge is -2.29. The zero-order chi connectivity index (χ0) is 38.1. The fourth-order valence-electron chi connectivity index (χ4n) is 8.37. The van der Waals surface area contributed by atoms with Gasteiger partial charge in [0.2, 0.25) is 0 Å². The van der Waals surface area contributed by atoms with Crippen LogP contribution in [0.25, 0.3) is 33.4 Å². The zero-order valence-corrected chi connectivity index (χ0v) is 32.1. The van der Waals surface area contributed by atoms with Crippen LogP contribution in [0.4, 0.5) is 28.4 Å². The Bertz CT molecular complexity index is 2520. The van der Waals surface area contributed by atoms with E-state index in [0.29, 0.717) is 0 Å². The summed E-state index contributed by atoms with van der Waals surface area (Å²) in [6.45, 7) is 17.4. The summed E-state index contributed by atoms with van der Waals surface area (Å²) in [5.74, 6) is 0. The van der Waals surface area contributed by atoms with Crippen LogP contribution in [0.5, 0.6) is 0 Å². The molecule has 0 aliphatic heterocycles. The minimum atomic E-state index is -0.204. The van der Waals surface area contributed by atoms with E-state index in [0.717, 1.165) is 34.1 Å². The van der Waals surface area contributed by atoms with Crippen LogP contribution in [0, 0.1) is 13.8 Å². The third-order valence-corrected chi connectivity index (χ3v) is 11.0. The summed E-state index contributed by atoms with van der Waals surface area (Å²) in [5, 5.41) is 0. The molecule has 0 unspecified atom stereocenters. The van der Waals surface area contributed by atoms with Gasteiger partial charge in [-0.25, -0.2) is 0 Å². The Morgan fingerprint density at radius 3 is 1.60 bits per heavy atom. The molecule has 0 spiro atoms. The van der Waals surface area contributed by atoms with Gasteiger partial charge in [-0.3, -0.25) is 0 Å². The number of hydrogen-bond donors (Lipinski definition) is 0. The van der Waals surface area contributed by atoms with Gasteiger partial charge in [0.15, 0.2) is 0 Å². The second kappa shape index (κ2) is 14.6. The van der Waals surface area contributed by atoms with Gasteiger partial charge < -0.3 is 9.80 Å². The summed E-state index contributed by atoms with van der Waals surface area (Å²) in [6, 6.07) is 59.3. The highest BCUT2D eigenvalue weighted by Gasteiger charge is 2.38. The number of anilines is 5. The quantitative estimate of drug-likeness (QED) is 0.130.